The van der Waals surface area contributed by atoms with Gasteiger partial charge in [0.2, 0.25) is 0 Å². The molecule has 7 rings (SSSR count). The minimum absolute atomic E-state index is 0.380. The van der Waals surface area contributed by atoms with Crippen LogP contribution in [0.4, 0.5) is 5.69 Å². The molecule has 1 fully saturated rings. The molecule has 0 aliphatic carbocycles. The molecule has 1 saturated heterocycles. The maximum Gasteiger partial charge on any atom is 0.494 e. The van der Waals surface area contributed by atoms with Crippen LogP contribution in [0, 0.1) is 0 Å². The largest absolute Gasteiger partial charge is 0.494 e. The van der Waals surface area contributed by atoms with E-state index in [0.717, 1.165) is 68.5 Å². The average molecular weight is 537 g/mol. The molecule has 0 bridgehead atoms. The lowest BCUT2D eigenvalue weighted by Crippen LogP contribution is -2.41. The molecular formula is C35H32BN3O2. The third kappa shape index (κ3) is 4.57. The van der Waals surface area contributed by atoms with Crippen molar-refractivity contribution in [1.82, 2.24) is 9.97 Å². The second-order valence-electron chi connectivity index (χ2n) is 11.9. The zero-order valence-corrected chi connectivity index (χ0v) is 23.9. The molecule has 0 saturated carbocycles. The second kappa shape index (κ2) is 9.76. The Balaban J connectivity index is 1.36. The molecule has 202 valence electrons. The van der Waals surface area contributed by atoms with Gasteiger partial charge in [0.1, 0.15) is 0 Å². The summed E-state index contributed by atoms with van der Waals surface area (Å²) < 4.78 is 12.6. The summed E-state index contributed by atoms with van der Waals surface area (Å²) in [5, 5.41) is 1.09. The minimum Gasteiger partial charge on any atom is -0.399 e. The molecule has 0 amide bonds. The number of rotatable bonds is 4. The zero-order chi connectivity index (χ0) is 28.2. The highest BCUT2D eigenvalue weighted by Gasteiger charge is 2.51. The first-order valence-electron chi connectivity index (χ1n) is 14.3. The summed E-state index contributed by atoms with van der Waals surface area (Å²) in [4.78, 5) is 14.7. The first-order chi connectivity index (χ1) is 19.8. The second-order valence-corrected chi connectivity index (χ2v) is 11.9. The van der Waals surface area contributed by atoms with Crippen LogP contribution < -0.4 is 5.46 Å². The third-order valence-electron chi connectivity index (χ3n) is 8.66. The van der Waals surface area contributed by atoms with Crippen molar-refractivity contribution >= 4 is 35.4 Å². The van der Waals surface area contributed by atoms with Gasteiger partial charge >= 0.3 is 7.12 Å². The number of fused-ring (bicyclic) bond motifs is 2. The lowest BCUT2D eigenvalue weighted by atomic mass is 9.78. The van der Waals surface area contributed by atoms with Crippen LogP contribution in [-0.4, -0.2) is 34.5 Å². The molecule has 0 N–H and O–H groups in total. The molecular weight excluding hydrogens is 505 g/mol. The number of nitrogens with zero attached hydrogens (tertiary/aromatic N) is 3. The van der Waals surface area contributed by atoms with Crippen molar-refractivity contribution in [2.75, 3.05) is 0 Å². The normalized spacial score (nSPS) is 17.1. The smallest absolute Gasteiger partial charge is 0.399 e. The molecule has 2 aromatic heterocycles. The van der Waals surface area contributed by atoms with E-state index in [1.165, 1.54) is 5.56 Å². The lowest BCUT2D eigenvalue weighted by Gasteiger charge is -2.32. The Morgan fingerprint density at radius 1 is 0.732 bits per heavy atom. The van der Waals surface area contributed by atoms with Crippen LogP contribution in [0.15, 0.2) is 96.1 Å². The van der Waals surface area contributed by atoms with Crippen LogP contribution >= 0.6 is 0 Å². The van der Waals surface area contributed by atoms with Crippen molar-refractivity contribution < 1.29 is 9.31 Å². The molecule has 0 atom stereocenters. The number of aryl methyl sites for hydroxylation is 1. The van der Waals surface area contributed by atoms with Crippen LogP contribution in [0.2, 0.25) is 0 Å². The summed E-state index contributed by atoms with van der Waals surface area (Å²) in [7, 11) is -0.395. The zero-order valence-electron chi connectivity index (χ0n) is 23.9. The highest BCUT2D eigenvalue weighted by atomic mass is 16.7. The minimum atomic E-state index is -0.395. The topological polar surface area (TPSA) is 56.6 Å². The molecule has 0 unspecified atom stereocenters. The van der Waals surface area contributed by atoms with Gasteiger partial charge in [-0.15, -0.1) is 0 Å². The van der Waals surface area contributed by atoms with E-state index in [1.54, 1.807) is 0 Å². The van der Waals surface area contributed by atoms with Crippen LogP contribution in [0.5, 0.6) is 0 Å². The van der Waals surface area contributed by atoms with Crippen LogP contribution in [0.1, 0.15) is 39.7 Å². The van der Waals surface area contributed by atoms with Crippen molar-refractivity contribution in [1.29, 1.82) is 0 Å². The Labute approximate surface area is 241 Å². The number of hydrogen-bond donors (Lipinski definition) is 0. The first-order valence-corrected chi connectivity index (χ1v) is 14.3. The fraction of sp³-hybridized carbons (Fsp3) is 0.229. The van der Waals surface area contributed by atoms with Crippen molar-refractivity contribution in [3.63, 3.8) is 0 Å². The Morgan fingerprint density at radius 2 is 1.41 bits per heavy atom. The van der Waals surface area contributed by atoms with Gasteiger partial charge in [0.25, 0.3) is 0 Å². The molecule has 41 heavy (non-hydrogen) atoms. The van der Waals surface area contributed by atoms with Gasteiger partial charge in [0, 0.05) is 28.9 Å². The van der Waals surface area contributed by atoms with E-state index < -0.39 is 7.12 Å². The van der Waals surface area contributed by atoms with E-state index in [2.05, 4.69) is 107 Å². The van der Waals surface area contributed by atoms with Gasteiger partial charge in [0.05, 0.1) is 33.8 Å². The number of pyridine rings is 2. The SMILES string of the molecule is CC1(C)OB(c2ccc(-c3cc(-c4cccc5c4N=CCC5)nc(-c4cccc5cccnc45)c3)cc2)OC1(C)C. The number of aromatic nitrogens is 2. The summed E-state index contributed by atoms with van der Waals surface area (Å²) in [6.07, 6.45) is 5.81. The fourth-order valence-corrected chi connectivity index (χ4v) is 5.62. The van der Waals surface area contributed by atoms with Gasteiger partial charge in [0.15, 0.2) is 0 Å². The number of para-hydroxylation sites is 2. The molecule has 0 radical (unpaired) electrons. The molecule has 5 aromatic rings. The van der Waals surface area contributed by atoms with E-state index in [-0.39, 0.29) is 11.2 Å². The predicted molar refractivity (Wildman–Crippen MR) is 168 cm³/mol. The average Bonchev–Trinajstić information content (AvgIpc) is 3.22. The van der Waals surface area contributed by atoms with E-state index >= 15 is 0 Å². The Kier molecular flexibility index (Phi) is 6.14. The van der Waals surface area contributed by atoms with Crippen molar-refractivity contribution in [3.8, 4) is 33.6 Å². The van der Waals surface area contributed by atoms with Gasteiger partial charge in [-0.2, -0.15) is 0 Å². The van der Waals surface area contributed by atoms with Crippen molar-refractivity contribution in [2.24, 2.45) is 4.99 Å². The Morgan fingerprint density at radius 3 is 2.20 bits per heavy atom. The number of benzene rings is 3. The lowest BCUT2D eigenvalue weighted by molar-refractivity contribution is 0.00578. The highest BCUT2D eigenvalue weighted by molar-refractivity contribution is 6.62. The number of aliphatic imine (C=N–C) groups is 1. The molecule has 3 aromatic carbocycles. The standard InChI is InChI=1S/C35H32BN3O2/c1-34(2)35(3,4)41-36(40-34)27-17-15-23(16-18-27)26-21-30(28-13-5-9-24-11-7-19-37-32(24)28)39-31(22-26)29-14-6-10-25-12-8-20-38-33(25)29/h5-7,9-11,13-22H,8,12H2,1-4H3. The Bertz CT molecular complexity index is 1790. The molecule has 5 nitrogen and oxygen atoms in total. The summed E-state index contributed by atoms with van der Waals surface area (Å²) in [6.45, 7) is 8.32. The predicted octanol–water partition coefficient (Wildman–Crippen LogP) is 7.58. The first kappa shape index (κ1) is 25.8. The van der Waals surface area contributed by atoms with Gasteiger partial charge in [-0.05, 0) is 80.9 Å². The fourth-order valence-electron chi connectivity index (χ4n) is 5.62. The van der Waals surface area contributed by atoms with Gasteiger partial charge in [-0.25, -0.2) is 4.98 Å². The molecule has 2 aliphatic heterocycles. The summed E-state index contributed by atoms with van der Waals surface area (Å²) in [5.41, 5.74) is 9.47. The van der Waals surface area contributed by atoms with Crippen LogP contribution in [-0.2, 0) is 15.7 Å². The maximum atomic E-state index is 6.29. The quantitative estimate of drug-likeness (QED) is 0.222. The van der Waals surface area contributed by atoms with Crippen molar-refractivity contribution in [3.05, 3.63) is 96.7 Å². The monoisotopic (exact) mass is 537 g/mol. The van der Waals surface area contributed by atoms with Crippen molar-refractivity contribution in [2.45, 2.75) is 51.7 Å². The molecule has 2 aliphatic rings. The summed E-state index contributed by atoms with van der Waals surface area (Å²) in [6, 6.07) is 29.6. The van der Waals surface area contributed by atoms with Gasteiger partial charge < -0.3 is 9.31 Å². The van der Waals surface area contributed by atoms with Crippen LogP contribution in [0.3, 0.4) is 0 Å². The van der Waals surface area contributed by atoms with E-state index in [9.17, 15) is 0 Å². The highest BCUT2D eigenvalue weighted by Crippen LogP contribution is 2.39. The van der Waals surface area contributed by atoms with Gasteiger partial charge in [-0.1, -0.05) is 66.7 Å². The molecule has 0 spiro atoms. The maximum absolute atomic E-state index is 6.29. The van der Waals surface area contributed by atoms with E-state index in [0.29, 0.717) is 0 Å². The van der Waals surface area contributed by atoms with Gasteiger partial charge in [-0.3, -0.25) is 9.98 Å². The molecule has 4 heterocycles. The third-order valence-corrected chi connectivity index (χ3v) is 8.66. The summed E-state index contributed by atoms with van der Waals surface area (Å²) in [5.74, 6) is 0. The van der Waals surface area contributed by atoms with E-state index in [4.69, 9.17) is 24.3 Å². The number of hydrogen-bond acceptors (Lipinski definition) is 5. The van der Waals surface area contributed by atoms with E-state index in [1.807, 2.05) is 18.5 Å². The summed E-state index contributed by atoms with van der Waals surface area (Å²) >= 11 is 0. The Hall–Kier alpha value is -4.13. The van der Waals surface area contributed by atoms with Crippen LogP contribution in [0.25, 0.3) is 44.5 Å². The molecule has 6 heteroatoms.